The van der Waals surface area contributed by atoms with E-state index >= 15 is 0 Å². The van der Waals surface area contributed by atoms with Gasteiger partial charge >= 0.3 is 0 Å². The van der Waals surface area contributed by atoms with Crippen LogP contribution in [0.1, 0.15) is 46.0 Å². The van der Waals surface area contributed by atoms with Gasteiger partial charge in [0.05, 0.1) is 0 Å². The van der Waals surface area contributed by atoms with Gasteiger partial charge in [-0.05, 0) is 33.1 Å². The van der Waals surface area contributed by atoms with E-state index in [1.54, 1.807) is 13.8 Å². The normalized spacial score (nSPS) is 11.5. The van der Waals surface area contributed by atoms with Crippen molar-refractivity contribution in [2.45, 2.75) is 51.6 Å². The molecule has 0 aromatic heterocycles. The lowest BCUT2D eigenvalue weighted by atomic mass is 10.0. The average molecular weight is 158 g/mol. The zero-order valence-corrected chi connectivity index (χ0v) is 7.70. The van der Waals surface area contributed by atoms with E-state index in [4.69, 9.17) is 0 Å². The van der Waals surface area contributed by atoms with Gasteiger partial charge in [-0.25, -0.2) is 4.39 Å². The van der Waals surface area contributed by atoms with Crippen molar-refractivity contribution in [3.63, 3.8) is 0 Å². The fraction of sp³-hybridized carbons (Fsp3) is 0.800. The van der Waals surface area contributed by atoms with Gasteiger partial charge in [0.25, 0.3) is 0 Å². The smallest absolute Gasteiger partial charge is 0.105 e. The Hall–Kier alpha value is -0.330. The lowest BCUT2D eigenvalue weighted by Gasteiger charge is -2.12. The highest BCUT2D eigenvalue weighted by atomic mass is 19.1. The first-order valence-corrected chi connectivity index (χ1v) is 4.36. The highest BCUT2D eigenvalue weighted by Crippen LogP contribution is 2.18. The van der Waals surface area contributed by atoms with Crippen LogP contribution in [0.15, 0.2) is 12.7 Å². The summed E-state index contributed by atoms with van der Waals surface area (Å²) in [5.41, 5.74) is -0.978. The molecule has 11 heavy (non-hydrogen) atoms. The fourth-order valence-corrected chi connectivity index (χ4v) is 1.01. The Labute approximate surface area is 69.5 Å². The van der Waals surface area contributed by atoms with Crippen molar-refractivity contribution in [2.75, 3.05) is 0 Å². The van der Waals surface area contributed by atoms with Crippen molar-refractivity contribution in [1.29, 1.82) is 0 Å². The number of unbranched alkanes of at least 4 members (excludes halogenated alkanes) is 3. The summed E-state index contributed by atoms with van der Waals surface area (Å²) in [6, 6.07) is 0. The van der Waals surface area contributed by atoms with Crippen LogP contribution in [0.4, 0.5) is 4.39 Å². The van der Waals surface area contributed by atoms with Gasteiger partial charge in [0.1, 0.15) is 5.67 Å². The highest BCUT2D eigenvalue weighted by molar-refractivity contribution is 4.68. The van der Waals surface area contributed by atoms with Crippen LogP contribution in [0.25, 0.3) is 0 Å². The van der Waals surface area contributed by atoms with Crippen LogP contribution in [0.3, 0.4) is 0 Å². The van der Waals surface area contributed by atoms with Gasteiger partial charge in [0.15, 0.2) is 0 Å². The molecule has 0 unspecified atom stereocenters. The second-order valence-corrected chi connectivity index (χ2v) is 3.61. The topological polar surface area (TPSA) is 0 Å². The number of alkyl halides is 1. The Morgan fingerprint density at radius 1 is 1.27 bits per heavy atom. The van der Waals surface area contributed by atoms with Crippen LogP contribution in [-0.2, 0) is 0 Å². The first-order valence-electron chi connectivity index (χ1n) is 4.36. The first-order chi connectivity index (χ1) is 5.06. The molecule has 0 saturated carbocycles. The van der Waals surface area contributed by atoms with Crippen LogP contribution >= 0.6 is 0 Å². The van der Waals surface area contributed by atoms with Gasteiger partial charge < -0.3 is 0 Å². The van der Waals surface area contributed by atoms with Crippen molar-refractivity contribution < 1.29 is 4.39 Å². The molecule has 0 saturated heterocycles. The Bertz CT molecular complexity index is 99.9. The Morgan fingerprint density at radius 2 is 1.91 bits per heavy atom. The summed E-state index contributed by atoms with van der Waals surface area (Å²) in [7, 11) is 0. The highest BCUT2D eigenvalue weighted by Gasteiger charge is 2.13. The molecule has 0 aromatic carbocycles. The molecule has 0 heterocycles. The van der Waals surface area contributed by atoms with E-state index in [0.29, 0.717) is 6.42 Å². The van der Waals surface area contributed by atoms with Crippen molar-refractivity contribution >= 4 is 0 Å². The summed E-state index contributed by atoms with van der Waals surface area (Å²) in [6.45, 7) is 6.91. The van der Waals surface area contributed by atoms with E-state index in [1.165, 1.54) is 0 Å². The second kappa shape index (κ2) is 5.34. The molecule has 0 nitrogen and oxygen atoms in total. The van der Waals surface area contributed by atoms with E-state index in [1.807, 2.05) is 6.08 Å². The van der Waals surface area contributed by atoms with E-state index < -0.39 is 5.67 Å². The molecule has 0 atom stereocenters. The van der Waals surface area contributed by atoms with Crippen molar-refractivity contribution in [1.82, 2.24) is 0 Å². The molecule has 0 rings (SSSR count). The molecule has 0 amide bonds. The minimum absolute atomic E-state index is 0.685. The van der Waals surface area contributed by atoms with E-state index in [2.05, 4.69) is 6.58 Å². The Kier molecular flexibility index (Phi) is 5.18. The van der Waals surface area contributed by atoms with Gasteiger partial charge in [-0.15, -0.1) is 6.58 Å². The second-order valence-electron chi connectivity index (χ2n) is 3.61. The van der Waals surface area contributed by atoms with Gasteiger partial charge in [-0.1, -0.05) is 18.9 Å². The number of hydrogen-bond acceptors (Lipinski definition) is 0. The predicted molar refractivity (Wildman–Crippen MR) is 48.5 cm³/mol. The molecular weight excluding hydrogens is 139 g/mol. The number of rotatable bonds is 6. The number of hydrogen-bond donors (Lipinski definition) is 0. The van der Waals surface area contributed by atoms with Crippen LogP contribution in [0, 0.1) is 0 Å². The lowest BCUT2D eigenvalue weighted by molar-refractivity contribution is 0.195. The molecule has 0 fully saturated rings. The third kappa shape index (κ3) is 9.67. The lowest BCUT2D eigenvalue weighted by Crippen LogP contribution is -2.10. The number of halogens is 1. The maximum atomic E-state index is 12.9. The summed E-state index contributed by atoms with van der Waals surface area (Å²) in [4.78, 5) is 0. The molecule has 0 N–H and O–H groups in total. The van der Waals surface area contributed by atoms with Crippen LogP contribution in [0.2, 0.25) is 0 Å². The molecule has 0 aliphatic carbocycles. The van der Waals surface area contributed by atoms with Gasteiger partial charge in [0, 0.05) is 0 Å². The average Bonchev–Trinajstić information content (AvgIpc) is 1.85. The largest absolute Gasteiger partial charge is 0.245 e. The summed E-state index contributed by atoms with van der Waals surface area (Å²) in [6.07, 6.45) is 6.94. The molecule has 1 heteroatoms. The molecular formula is C10H19F. The summed E-state index contributed by atoms with van der Waals surface area (Å²) >= 11 is 0. The minimum atomic E-state index is -0.978. The zero-order valence-electron chi connectivity index (χ0n) is 7.70. The quantitative estimate of drug-likeness (QED) is 0.406. The molecule has 0 bridgehead atoms. The van der Waals surface area contributed by atoms with Crippen LogP contribution < -0.4 is 0 Å². The fourth-order valence-electron chi connectivity index (χ4n) is 1.01. The monoisotopic (exact) mass is 158 g/mol. The standard InChI is InChI=1S/C10H19F/c1-4-5-6-7-8-9-10(2,3)11/h4H,1,5-9H2,2-3H3. The van der Waals surface area contributed by atoms with Crippen molar-refractivity contribution in [3.8, 4) is 0 Å². The van der Waals surface area contributed by atoms with E-state index in [9.17, 15) is 4.39 Å². The molecule has 0 aliphatic heterocycles. The van der Waals surface area contributed by atoms with Crippen molar-refractivity contribution in [3.05, 3.63) is 12.7 Å². The summed E-state index contributed by atoms with van der Waals surface area (Å²) in [5.74, 6) is 0. The Morgan fingerprint density at radius 3 is 2.36 bits per heavy atom. The molecule has 0 aliphatic rings. The SMILES string of the molecule is C=CCCCCCC(C)(C)F. The van der Waals surface area contributed by atoms with Gasteiger partial charge in [-0.2, -0.15) is 0 Å². The minimum Gasteiger partial charge on any atom is -0.245 e. The summed E-state index contributed by atoms with van der Waals surface area (Å²) < 4.78 is 12.9. The number of allylic oxidation sites excluding steroid dienone is 1. The maximum Gasteiger partial charge on any atom is 0.105 e. The summed E-state index contributed by atoms with van der Waals surface area (Å²) in [5, 5.41) is 0. The Balaban J connectivity index is 3.08. The van der Waals surface area contributed by atoms with E-state index in [-0.39, 0.29) is 0 Å². The third-order valence-electron chi connectivity index (χ3n) is 1.68. The molecule has 0 aromatic rings. The molecule has 0 spiro atoms. The van der Waals surface area contributed by atoms with Crippen LogP contribution in [-0.4, -0.2) is 5.67 Å². The van der Waals surface area contributed by atoms with Crippen molar-refractivity contribution in [2.24, 2.45) is 0 Å². The molecule has 0 radical (unpaired) electrons. The maximum absolute atomic E-state index is 12.9. The van der Waals surface area contributed by atoms with Gasteiger partial charge in [0.2, 0.25) is 0 Å². The first kappa shape index (κ1) is 10.7. The van der Waals surface area contributed by atoms with Crippen LogP contribution in [0.5, 0.6) is 0 Å². The molecule has 66 valence electrons. The predicted octanol–water partition coefficient (Wildman–Crippen LogP) is 3.87. The van der Waals surface area contributed by atoms with Gasteiger partial charge in [-0.3, -0.25) is 0 Å². The zero-order chi connectivity index (χ0) is 8.74. The third-order valence-corrected chi connectivity index (χ3v) is 1.68. The van der Waals surface area contributed by atoms with E-state index in [0.717, 1.165) is 25.7 Å².